The maximum absolute atomic E-state index is 9.45. The molecule has 0 saturated carbocycles. The number of hydrogen-bond donors (Lipinski definition) is 2. The van der Waals surface area contributed by atoms with Gasteiger partial charge < -0.3 is 9.55 Å². The van der Waals surface area contributed by atoms with E-state index >= 15 is 0 Å². The lowest BCUT2D eigenvalue weighted by atomic mass is 9.96. The van der Waals surface area contributed by atoms with Gasteiger partial charge in [0.1, 0.15) is 5.49 Å². The van der Waals surface area contributed by atoms with Crippen molar-refractivity contribution >= 4 is 49.4 Å². The number of para-hydroxylation sites is 2. The Morgan fingerprint density at radius 1 is 0.532 bits per heavy atom. The molecule has 0 spiro atoms. The SMILES string of the molecule is N=C(/N=c1\[nH]cccc1-c1ccc(-c2cccc3ccccc23)cc1)n1c2ccccc2c2ccc3c(ccn3-c3ccccc3)c21. The minimum atomic E-state index is 0.146. The van der Waals surface area contributed by atoms with Crippen LogP contribution in [0.5, 0.6) is 0 Å². The van der Waals surface area contributed by atoms with Crippen LogP contribution in [0.15, 0.2) is 169 Å². The first-order valence-corrected chi connectivity index (χ1v) is 15.7. The van der Waals surface area contributed by atoms with Gasteiger partial charge in [-0.15, -0.1) is 0 Å². The van der Waals surface area contributed by atoms with E-state index in [0.717, 1.165) is 55.1 Å². The Hall–Kier alpha value is -6.46. The van der Waals surface area contributed by atoms with Gasteiger partial charge in [0.25, 0.3) is 0 Å². The van der Waals surface area contributed by atoms with E-state index < -0.39 is 0 Å². The van der Waals surface area contributed by atoms with Gasteiger partial charge in [-0.3, -0.25) is 9.98 Å². The van der Waals surface area contributed by atoms with Crippen LogP contribution >= 0.6 is 0 Å². The fraction of sp³-hybridized carbons (Fsp3) is 0. The number of aromatic nitrogens is 3. The smallest absolute Gasteiger partial charge is 0.229 e. The zero-order chi connectivity index (χ0) is 31.3. The van der Waals surface area contributed by atoms with Gasteiger partial charge in [0, 0.05) is 39.8 Å². The summed E-state index contributed by atoms with van der Waals surface area (Å²) in [5.41, 5.74) is 9.07. The molecule has 9 aromatic rings. The molecule has 9 rings (SSSR count). The number of nitrogens with zero attached hydrogens (tertiary/aromatic N) is 3. The van der Waals surface area contributed by atoms with Crippen LogP contribution in [0, 0.1) is 5.41 Å². The van der Waals surface area contributed by atoms with Crippen molar-refractivity contribution in [2.75, 3.05) is 0 Å². The Morgan fingerprint density at radius 2 is 1.23 bits per heavy atom. The fourth-order valence-corrected chi connectivity index (χ4v) is 6.93. The van der Waals surface area contributed by atoms with Crippen molar-refractivity contribution in [1.29, 1.82) is 5.41 Å². The van der Waals surface area contributed by atoms with Gasteiger partial charge in [-0.2, -0.15) is 4.99 Å². The van der Waals surface area contributed by atoms with E-state index in [9.17, 15) is 5.41 Å². The fourth-order valence-electron chi connectivity index (χ4n) is 6.93. The summed E-state index contributed by atoms with van der Waals surface area (Å²) in [6, 6.07) is 52.7. The van der Waals surface area contributed by atoms with Crippen LogP contribution in [-0.2, 0) is 0 Å². The van der Waals surface area contributed by atoms with Gasteiger partial charge in [0.2, 0.25) is 5.96 Å². The summed E-state index contributed by atoms with van der Waals surface area (Å²) in [4.78, 5) is 8.29. The average Bonchev–Trinajstić information content (AvgIpc) is 3.72. The molecular weight excluding hydrogens is 574 g/mol. The molecule has 5 nitrogen and oxygen atoms in total. The maximum Gasteiger partial charge on any atom is 0.229 e. The van der Waals surface area contributed by atoms with E-state index in [4.69, 9.17) is 4.99 Å². The van der Waals surface area contributed by atoms with E-state index in [0.29, 0.717) is 5.49 Å². The second-order valence-corrected chi connectivity index (χ2v) is 11.7. The molecule has 0 bridgehead atoms. The quantitative estimate of drug-likeness (QED) is 0.149. The van der Waals surface area contributed by atoms with Crippen molar-refractivity contribution in [2.24, 2.45) is 4.99 Å². The molecule has 5 heteroatoms. The van der Waals surface area contributed by atoms with Gasteiger partial charge >= 0.3 is 0 Å². The summed E-state index contributed by atoms with van der Waals surface area (Å²) in [6.07, 6.45) is 3.97. The molecule has 0 amide bonds. The third-order valence-electron chi connectivity index (χ3n) is 9.10. The normalized spacial score (nSPS) is 12.0. The van der Waals surface area contributed by atoms with Crippen LogP contribution in [0.25, 0.3) is 71.4 Å². The third-order valence-corrected chi connectivity index (χ3v) is 9.10. The van der Waals surface area contributed by atoms with E-state index in [-0.39, 0.29) is 5.96 Å². The van der Waals surface area contributed by atoms with Crippen LogP contribution in [0.2, 0.25) is 0 Å². The standard InChI is InChI=1S/C42H29N5/c43-42(45-41-34(17-9-26-44-41)30-21-19-29(20-22-30)33-16-8-11-28-10-4-5-14-32(28)33)47-39-18-7-6-15-35(39)36-23-24-38-37(40(36)47)25-27-46(38)31-12-2-1-3-13-31/h1-27H,(H2,43,44,45). The first-order chi connectivity index (χ1) is 23.2. The molecule has 0 fully saturated rings. The minimum absolute atomic E-state index is 0.146. The molecule has 222 valence electrons. The Bertz CT molecular complexity index is 2680. The Kier molecular flexibility index (Phi) is 6.22. The summed E-state index contributed by atoms with van der Waals surface area (Å²) in [7, 11) is 0. The lowest BCUT2D eigenvalue weighted by Gasteiger charge is -2.10. The highest BCUT2D eigenvalue weighted by Gasteiger charge is 2.18. The molecule has 0 unspecified atom stereocenters. The van der Waals surface area contributed by atoms with E-state index in [2.05, 4.69) is 149 Å². The van der Waals surface area contributed by atoms with Crippen LogP contribution in [0.3, 0.4) is 0 Å². The van der Waals surface area contributed by atoms with Crippen LogP contribution in [-0.4, -0.2) is 20.1 Å². The lowest BCUT2D eigenvalue weighted by molar-refractivity contribution is 1.10. The molecule has 3 heterocycles. The van der Waals surface area contributed by atoms with Crippen LogP contribution in [0.4, 0.5) is 0 Å². The summed E-state index contributed by atoms with van der Waals surface area (Å²) in [6.45, 7) is 0. The summed E-state index contributed by atoms with van der Waals surface area (Å²) in [5.74, 6) is 0.146. The predicted octanol–water partition coefficient (Wildman–Crippen LogP) is 9.94. The molecule has 0 aliphatic rings. The second kappa shape index (κ2) is 10.9. The predicted molar refractivity (Wildman–Crippen MR) is 194 cm³/mol. The summed E-state index contributed by atoms with van der Waals surface area (Å²) in [5, 5.41) is 15.2. The first kappa shape index (κ1) is 26.9. The Morgan fingerprint density at radius 3 is 2.09 bits per heavy atom. The molecule has 0 atom stereocenters. The van der Waals surface area contributed by atoms with Crippen molar-refractivity contribution < 1.29 is 0 Å². The monoisotopic (exact) mass is 603 g/mol. The summed E-state index contributed by atoms with van der Waals surface area (Å²) >= 11 is 0. The zero-order valence-corrected chi connectivity index (χ0v) is 25.4. The number of rotatable bonds is 3. The molecule has 6 aromatic carbocycles. The van der Waals surface area contributed by atoms with Gasteiger partial charge in [0.15, 0.2) is 0 Å². The molecule has 3 aromatic heterocycles. The van der Waals surface area contributed by atoms with Gasteiger partial charge in [-0.1, -0.05) is 109 Å². The highest BCUT2D eigenvalue weighted by molar-refractivity contribution is 6.21. The number of hydrogen-bond acceptors (Lipinski definition) is 1. The van der Waals surface area contributed by atoms with E-state index in [1.165, 1.54) is 16.3 Å². The van der Waals surface area contributed by atoms with Gasteiger partial charge in [-0.25, -0.2) is 0 Å². The van der Waals surface area contributed by atoms with Crippen molar-refractivity contribution in [3.8, 4) is 27.9 Å². The van der Waals surface area contributed by atoms with Crippen LogP contribution in [0.1, 0.15) is 0 Å². The Balaban J connectivity index is 1.18. The molecule has 0 aliphatic heterocycles. The molecule has 0 radical (unpaired) electrons. The molecular formula is C42H29N5. The average molecular weight is 604 g/mol. The zero-order valence-electron chi connectivity index (χ0n) is 25.4. The number of benzene rings is 6. The number of fused-ring (bicyclic) bond motifs is 6. The van der Waals surface area contributed by atoms with Crippen molar-refractivity contribution in [2.45, 2.75) is 0 Å². The topological polar surface area (TPSA) is 61.9 Å². The van der Waals surface area contributed by atoms with Crippen LogP contribution < -0.4 is 5.49 Å². The minimum Gasteiger partial charge on any atom is -0.346 e. The van der Waals surface area contributed by atoms with Crippen molar-refractivity contribution in [3.63, 3.8) is 0 Å². The highest BCUT2D eigenvalue weighted by Crippen LogP contribution is 2.36. The Labute approximate surface area is 270 Å². The van der Waals surface area contributed by atoms with Crippen molar-refractivity contribution in [3.05, 3.63) is 170 Å². The van der Waals surface area contributed by atoms with Crippen molar-refractivity contribution in [1.82, 2.24) is 14.1 Å². The lowest BCUT2D eigenvalue weighted by Crippen LogP contribution is -2.17. The molecule has 0 saturated heterocycles. The second-order valence-electron chi connectivity index (χ2n) is 11.7. The number of pyridine rings is 1. The third kappa shape index (κ3) is 4.40. The molecule has 0 aliphatic carbocycles. The largest absolute Gasteiger partial charge is 0.346 e. The number of nitrogens with one attached hydrogen (secondary N) is 2. The number of aromatic amines is 1. The number of H-pyrrole nitrogens is 1. The first-order valence-electron chi connectivity index (χ1n) is 15.7. The highest BCUT2D eigenvalue weighted by atomic mass is 15.2. The van der Waals surface area contributed by atoms with Gasteiger partial charge in [0.05, 0.1) is 16.6 Å². The summed E-state index contributed by atoms with van der Waals surface area (Å²) < 4.78 is 4.18. The molecule has 47 heavy (non-hydrogen) atoms. The van der Waals surface area contributed by atoms with E-state index in [1.807, 2.05) is 29.0 Å². The molecule has 2 N–H and O–H groups in total. The maximum atomic E-state index is 9.45. The van der Waals surface area contributed by atoms with E-state index in [1.54, 1.807) is 0 Å². The van der Waals surface area contributed by atoms with Gasteiger partial charge in [-0.05, 0) is 69.9 Å².